The van der Waals surface area contributed by atoms with Gasteiger partial charge in [0.15, 0.2) is 6.61 Å². The summed E-state index contributed by atoms with van der Waals surface area (Å²) >= 11 is 0. The van der Waals surface area contributed by atoms with Crippen LogP contribution in [0.1, 0.15) is 16.1 Å². The average Bonchev–Trinajstić information content (AvgIpc) is 2.51. The molecule has 0 aliphatic heterocycles. The third kappa shape index (κ3) is 2.91. The highest BCUT2D eigenvalue weighted by molar-refractivity contribution is 5.93. The predicted molar refractivity (Wildman–Crippen MR) is 46.1 cm³/mol. The van der Waals surface area contributed by atoms with Crippen molar-refractivity contribution in [3.8, 4) is 0 Å². The minimum atomic E-state index is -0.659. The lowest BCUT2D eigenvalue weighted by molar-refractivity contribution is -0.124. The maximum Gasteiger partial charge on any atom is 0.278 e. The molecule has 0 radical (unpaired) electrons. The number of aryl methyl sites for hydroxylation is 1. The van der Waals surface area contributed by atoms with Crippen LogP contribution in [0.3, 0.4) is 0 Å². The second-order valence-electron chi connectivity index (χ2n) is 2.63. The van der Waals surface area contributed by atoms with Crippen LogP contribution in [0, 0.1) is 6.92 Å². The fourth-order valence-electron chi connectivity index (χ4n) is 0.794. The molecule has 2 amide bonds. The quantitative estimate of drug-likeness (QED) is 0.651. The summed E-state index contributed by atoms with van der Waals surface area (Å²) in [6.45, 7) is 1.35. The van der Waals surface area contributed by atoms with E-state index in [2.05, 4.69) is 4.84 Å². The van der Waals surface area contributed by atoms with E-state index in [1.54, 1.807) is 13.0 Å². The molecular formula is C8H10N2O4. The maximum atomic E-state index is 11.2. The van der Waals surface area contributed by atoms with Crippen LogP contribution in [0.2, 0.25) is 0 Å². The number of amides is 2. The van der Waals surface area contributed by atoms with Gasteiger partial charge in [0.25, 0.3) is 5.91 Å². The number of carbonyl (C=O) groups is 2. The number of hydrogen-bond donors (Lipinski definition) is 2. The Bertz CT molecular complexity index is 345. The molecule has 0 atom stereocenters. The Balaban J connectivity index is 2.39. The molecule has 76 valence electrons. The molecule has 1 aromatic rings. The lowest BCUT2D eigenvalue weighted by Crippen LogP contribution is -2.29. The van der Waals surface area contributed by atoms with Gasteiger partial charge >= 0.3 is 0 Å². The summed E-state index contributed by atoms with van der Waals surface area (Å²) in [4.78, 5) is 25.9. The van der Waals surface area contributed by atoms with Crippen molar-refractivity contribution in [2.45, 2.75) is 6.92 Å². The van der Waals surface area contributed by atoms with Crippen molar-refractivity contribution in [3.63, 3.8) is 0 Å². The first-order chi connectivity index (χ1) is 6.59. The zero-order chi connectivity index (χ0) is 10.6. The van der Waals surface area contributed by atoms with Crippen molar-refractivity contribution in [3.05, 3.63) is 23.7 Å². The average molecular weight is 198 g/mol. The van der Waals surface area contributed by atoms with Crippen LogP contribution >= 0.6 is 0 Å². The Morgan fingerprint density at radius 2 is 2.36 bits per heavy atom. The molecule has 0 aliphatic carbocycles. The van der Waals surface area contributed by atoms with E-state index in [4.69, 9.17) is 10.2 Å². The van der Waals surface area contributed by atoms with Gasteiger partial charge in [0.2, 0.25) is 5.91 Å². The maximum absolute atomic E-state index is 11.2. The van der Waals surface area contributed by atoms with Gasteiger partial charge in [-0.25, -0.2) is 5.48 Å². The van der Waals surface area contributed by atoms with Crippen molar-refractivity contribution < 1.29 is 18.8 Å². The fourth-order valence-corrected chi connectivity index (χ4v) is 0.794. The van der Waals surface area contributed by atoms with Crippen LogP contribution in [-0.2, 0) is 9.63 Å². The molecular weight excluding hydrogens is 188 g/mol. The standard InChI is InChI=1S/C8H10N2O4/c1-5-2-6(3-13-5)8(12)10-14-4-7(9)11/h2-3H,4H2,1H3,(H2,9,11)(H,10,12). The van der Waals surface area contributed by atoms with Crippen molar-refractivity contribution in [1.82, 2.24) is 5.48 Å². The highest BCUT2D eigenvalue weighted by atomic mass is 16.7. The van der Waals surface area contributed by atoms with E-state index < -0.39 is 11.8 Å². The molecule has 0 aliphatic rings. The molecule has 0 unspecified atom stereocenters. The number of nitrogens with two attached hydrogens (primary N) is 1. The monoisotopic (exact) mass is 198 g/mol. The van der Waals surface area contributed by atoms with Crippen molar-refractivity contribution in [1.29, 1.82) is 0 Å². The fraction of sp³-hybridized carbons (Fsp3) is 0.250. The number of hydrogen-bond acceptors (Lipinski definition) is 4. The van der Waals surface area contributed by atoms with Crippen LogP contribution in [0.25, 0.3) is 0 Å². The number of hydroxylamine groups is 1. The van der Waals surface area contributed by atoms with E-state index in [0.717, 1.165) is 0 Å². The first-order valence-electron chi connectivity index (χ1n) is 3.85. The summed E-state index contributed by atoms with van der Waals surface area (Å²) in [6.07, 6.45) is 1.29. The van der Waals surface area contributed by atoms with Gasteiger partial charge in [-0.2, -0.15) is 0 Å². The lowest BCUT2D eigenvalue weighted by Gasteiger charge is -2.00. The Hall–Kier alpha value is -1.82. The second kappa shape index (κ2) is 4.43. The molecule has 0 bridgehead atoms. The molecule has 1 heterocycles. The van der Waals surface area contributed by atoms with Crippen LogP contribution in [0.4, 0.5) is 0 Å². The Labute approximate surface area is 80.0 Å². The molecule has 6 nitrogen and oxygen atoms in total. The first kappa shape index (κ1) is 10.3. The number of rotatable bonds is 4. The molecule has 14 heavy (non-hydrogen) atoms. The summed E-state index contributed by atoms with van der Waals surface area (Å²) < 4.78 is 4.91. The first-order valence-corrected chi connectivity index (χ1v) is 3.85. The SMILES string of the molecule is Cc1cc(C(=O)NOCC(N)=O)co1. The number of nitrogens with one attached hydrogen (secondary N) is 1. The predicted octanol–water partition coefficient (Wildman–Crippen LogP) is -0.265. The summed E-state index contributed by atoms with van der Waals surface area (Å²) in [5, 5.41) is 0. The molecule has 1 rings (SSSR count). The van der Waals surface area contributed by atoms with E-state index in [1.807, 2.05) is 5.48 Å². The van der Waals surface area contributed by atoms with Crippen LogP contribution in [-0.4, -0.2) is 18.4 Å². The topological polar surface area (TPSA) is 94.6 Å². The number of carbonyl (C=O) groups excluding carboxylic acids is 2. The zero-order valence-corrected chi connectivity index (χ0v) is 7.57. The molecule has 0 spiro atoms. The summed E-state index contributed by atoms with van der Waals surface area (Å²) in [6, 6.07) is 1.54. The Morgan fingerprint density at radius 3 is 2.86 bits per heavy atom. The highest BCUT2D eigenvalue weighted by Gasteiger charge is 2.08. The van der Waals surface area contributed by atoms with Gasteiger partial charge in [-0.15, -0.1) is 0 Å². The van der Waals surface area contributed by atoms with Gasteiger partial charge in [0.05, 0.1) is 5.56 Å². The van der Waals surface area contributed by atoms with Gasteiger partial charge in [0.1, 0.15) is 12.0 Å². The van der Waals surface area contributed by atoms with Gasteiger partial charge in [-0.1, -0.05) is 0 Å². The van der Waals surface area contributed by atoms with E-state index in [9.17, 15) is 9.59 Å². The molecule has 0 saturated heterocycles. The Kier molecular flexibility index (Phi) is 3.24. The molecule has 3 N–H and O–H groups in total. The molecule has 0 fully saturated rings. The minimum Gasteiger partial charge on any atom is -0.469 e. The summed E-state index contributed by atoms with van der Waals surface area (Å²) in [7, 11) is 0. The third-order valence-corrected chi connectivity index (χ3v) is 1.37. The van der Waals surface area contributed by atoms with E-state index in [1.165, 1.54) is 6.26 Å². The van der Waals surface area contributed by atoms with Crippen molar-refractivity contribution >= 4 is 11.8 Å². The highest BCUT2D eigenvalue weighted by Crippen LogP contribution is 2.05. The zero-order valence-electron chi connectivity index (χ0n) is 7.57. The van der Waals surface area contributed by atoms with Gasteiger partial charge in [0, 0.05) is 0 Å². The smallest absolute Gasteiger partial charge is 0.278 e. The van der Waals surface area contributed by atoms with Gasteiger partial charge < -0.3 is 10.2 Å². The normalized spacial score (nSPS) is 9.79. The molecule has 0 saturated carbocycles. The third-order valence-electron chi connectivity index (χ3n) is 1.37. The van der Waals surface area contributed by atoms with Crippen molar-refractivity contribution in [2.24, 2.45) is 5.73 Å². The van der Waals surface area contributed by atoms with Crippen LogP contribution in [0.5, 0.6) is 0 Å². The van der Waals surface area contributed by atoms with Crippen LogP contribution < -0.4 is 11.2 Å². The second-order valence-corrected chi connectivity index (χ2v) is 2.63. The van der Waals surface area contributed by atoms with Gasteiger partial charge in [-0.05, 0) is 13.0 Å². The summed E-state index contributed by atoms with van der Waals surface area (Å²) in [5.74, 6) is -0.526. The van der Waals surface area contributed by atoms with Gasteiger partial charge in [-0.3, -0.25) is 14.4 Å². The van der Waals surface area contributed by atoms with E-state index >= 15 is 0 Å². The van der Waals surface area contributed by atoms with Crippen molar-refractivity contribution in [2.75, 3.05) is 6.61 Å². The lowest BCUT2D eigenvalue weighted by atomic mass is 10.3. The Morgan fingerprint density at radius 1 is 1.64 bits per heavy atom. The largest absolute Gasteiger partial charge is 0.469 e. The van der Waals surface area contributed by atoms with E-state index in [0.29, 0.717) is 11.3 Å². The summed E-state index contributed by atoms with van der Waals surface area (Å²) in [5.41, 5.74) is 7.16. The number of furan rings is 1. The minimum absolute atomic E-state index is 0.326. The molecule has 0 aromatic carbocycles. The van der Waals surface area contributed by atoms with E-state index in [-0.39, 0.29) is 6.61 Å². The van der Waals surface area contributed by atoms with Crippen LogP contribution in [0.15, 0.2) is 16.7 Å². The molecule has 1 aromatic heterocycles. The number of primary amides is 1. The molecule has 6 heteroatoms.